The van der Waals surface area contributed by atoms with E-state index in [0.29, 0.717) is 18.5 Å². The van der Waals surface area contributed by atoms with E-state index in [4.69, 9.17) is 0 Å². The van der Waals surface area contributed by atoms with Crippen LogP contribution in [-0.4, -0.2) is 32.9 Å². The summed E-state index contributed by atoms with van der Waals surface area (Å²) in [4.78, 5) is 12.4. The second-order valence-electron chi connectivity index (χ2n) is 6.42. The van der Waals surface area contributed by atoms with Crippen molar-refractivity contribution in [3.05, 3.63) is 89.7 Å². The van der Waals surface area contributed by atoms with Crippen LogP contribution in [-0.2, 0) is 13.0 Å². The summed E-state index contributed by atoms with van der Waals surface area (Å²) in [6.07, 6.45) is 3.51. The minimum atomic E-state index is -0.638. The van der Waals surface area contributed by atoms with Crippen LogP contribution < -0.4 is 5.32 Å². The minimum absolute atomic E-state index is 0.185. The molecule has 0 aliphatic carbocycles. The number of amides is 1. The number of aliphatic hydroxyl groups excluding tert-OH is 1. The molecule has 26 heavy (non-hydrogen) atoms. The molecule has 5 heteroatoms. The van der Waals surface area contributed by atoms with E-state index in [9.17, 15) is 9.90 Å². The van der Waals surface area contributed by atoms with Crippen LogP contribution in [0.5, 0.6) is 0 Å². The summed E-state index contributed by atoms with van der Waals surface area (Å²) >= 11 is 0. The average Bonchev–Trinajstić information content (AvgIpc) is 3.16. The predicted octanol–water partition coefficient (Wildman–Crippen LogP) is 2.65. The molecule has 1 amide bonds. The first-order chi connectivity index (χ1) is 12.6. The van der Waals surface area contributed by atoms with Crippen molar-refractivity contribution in [1.82, 2.24) is 15.1 Å². The lowest BCUT2D eigenvalue weighted by molar-refractivity contribution is 0.0852. The molecule has 2 aromatic carbocycles. The highest BCUT2D eigenvalue weighted by molar-refractivity contribution is 5.94. The van der Waals surface area contributed by atoms with Crippen LogP contribution in [0.25, 0.3) is 0 Å². The highest BCUT2D eigenvalue weighted by Crippen LogP contribution is 2.09. The summed E-state index contributed by atoms with van der Waals surface area (Å²) < 4.78 is 1.83. The predicted molar refractivity (Wildman–Crippen MR) is 101 cm³/mol. The molecule has 0 aliphatic heterocycles. The minimum Gasteiger partial charge on any atom is -0.391 e. The summed E-state index contributed by atoms with van der Waals surface area (Å²) in [7, 11) is 0. The lowest BCUT2D eigenvalue weighted by Crippen LogP contribution is -2.42. The molecule has 0 saturated carbocycles. The number of nitrogens with zero attached hydrogens (tertiary/aromatic N) is 2. The molecule has 3 aromatic rings. The molecule has 3 rings (SSSR count). The lowest BCUT2D eigenvalue weighted by atomic mass is 10.0. The van der Waals surface area contributed by atoms with Gasteiger partial charge in [0, 0.05) is 24.4 Å². The smallest absolute Gasteiger partial charge is 0.251 e. The maximum absolute atomic E-state index is 12.4. The van der Waals surface area contributed by atoms with Gasteiger partial charge >= 0.3 is 0 Å². The van der Waals surface area contributed by atoms with Crippen molar-refractivity contribution < 1.29 is 9.90 Å². The topological polar surface area (TPSA) is 67.2 Å². The Morgan fingerprint density at radius 1 is 1.08 bits per heavy atom. The van der Waals surface area contributed by atoms with Gasteiger partial charge in [-0.3, -0.25) is 9.48 Å². The van der Waals surface area contributed by atoms with E-state index < -0.39 is 6.10 Å². The third-order valence-corrected chi connectivity index (χ3v) is 4.34. The zero-order valence-corrected chi connectivity index (χ0v) is 14.7. The van der Waals surface area contributed by atoms with Gasteiger partial charge in [-0.1, -0.05) is 42.5 Å². The van der Waals surface area contributed by atoms with Gasteiger partial charge in [0.1, 0.15) is 0 Å². The Hall–Kier alpha value is -2.92. The first-order valence-electron chi connectivity index (χ1n) is 8.71. The third kappa shape index (κ3) is 4.80. The number of nitrogens with one attached hydrogen (secondary N) is 1. The van der Waals surface area contributed by atoms with Gasteiger partial charge < -0.3 is 10.4 Å². The number of carbonyl (C=O) groups excluding carboxylic acids is 1. The molecule has 0 saturated heterocycles. The zero-order chi connectivity index (χ0) is 18.4. The fourth-order valence-corrected chi connectivity index (χ4v) is 2.76. The molecule has 2 atom stereocenters. The molecule has 2 N–H and O–H groups in total. The maximum atomic E-state index is 12.4. The summed E-state index contributed by atoms with van der Waals surface area (Å²) in [5.74, 6) is -0.185. The number of aromatic nitrogens is 2. The summed E-state index contributed by atoms with van der Waals surface area (Å²) in [5.41, 5.74) is 2.69. The van der Waals surface area contributed by atoms with Crippen molar-refractivity contribution in [2.45, 2.75) is 32.0 Å². The number of rotatable bonds is 7. The van der Waals surface area contributed by atoms with Gasteiger partial charge in [-0.05, 0) is 36.2 Å². The van der Waals surface area contributed by atoms with Gasteiger partial charge in [-0.25, -0.2) is 0 Å². The van der Waals surface area contributed by atoms with E-state index in [1.165, 1.54) is 0 Å². The van der Waals surface area contributed by atoms with Crippen LogP contribution in [0.4, 0.5) is 0 Å². The molecule has 0 aliphatic rings. The average molecular weight is 349 g/mol. The number of aliphatic hydroxyl groups is 1. The fraction of sp³-hybridized carbons (Fsp3) is 0.238. The molecule has 2 unspecified atom stereocenters. The summed E-state index contributed by atoms with van der Waals surface area (Å²) in [6, 6.07) is 18.7. The molecule has 5 nitrogen and oxygen atoms in total. The van der Waals surface area contributed by atoms with Crippen LogP contribution in [0.3, 0.4) is 0 Å². The van der Waals surface area contributed by atoms with E-state index in [1.54, 1.807) is 18.3 Å². The summed E-state index contributed by atoms with van der Waals surface area (Å²) in [6.45, 7) is 2.48. The zero-order valence-electron chi connectivity index (χ0n) is 14.7. The molecule has 0 bridgehead atoms. The first kappa shape index (κ1) is 17.9. The second-order valence-corrected chi connectivity index (χ2v) is 6.42. The highest BCUT2D eigenvalue weighted by atomic mass is 16.3. The van der Waals surface area contributed by atoms with E-state index in [1.807, 2.05) is 66.3 Å². The molecule has 0 fully saturated rings. The van der Waals surface area contributed by atoms with Gasteiger partial charge in [-0.2, -0.15) is 5.10 Å². The van der Waals surface area contributed by atoms with Crippen LogP contribution in [0.2, 0.25) is 0 Å². The van der Waals surface area contributed by atoms with Crippen LogP contribution >= 0.6 is 0 Å². The molecule has 134 valence electrons. The van der Waals surface area contributed by atoms with E-state index >= 15 is 0 Å². The Bertz CT molecular complexity index is 814. The molecule has 1 aromatic heterocycles. The van der Waals surface area contributed by atoms with Crippen LogP contribution in [0.15, 0.2) is 73.1 Å². The van der Waals surface area contributed by atoms with E-state index in [0.717, 1.165) is 11.1 Å². The Labute approximate surface area is 153 Å². The lowest BCUT2D eigenvalue weighted by Gasteiger charge is -2.20. The van der Waals surface area contributed by atoms with Crippen LogP contribution in [0.1, 0.15) is 28.4 Å². The monoisotopic (exact) mass is 349 g/mol. The van der Waals surface area contributed by atoms with E-state index in [2.05, 4.69) is 10.4 Å². The summed E-state index contributed by atoms with van der Waals surface area (Å²) in [5, 5.41) is 17.4. The SMILES string of the molecule is CC(NC(=O)c1ccc(Cn2cccn2)cc1)C(O)Cc1ccccc1. The van der Waals surface area contributed by atoms with Crippen molar-refractivity contribution in [3.63, 3.8) is 0 Å². The maximum Gasteiger partial charge on any atom is 0.251 e. The fourth-order valence-electron chi connectivity index (χ4n) is 2.76. The molecule has 1 heterocycles. The number of benzene rings is 2. The number of carbonyl (C=O) groups is 1. The Morgan fingerprint density at radius 3 is 2.46 bits per heavy atom. The van der Waals surface area contributed by atoms with Crippen molar-refractivity contribution in [3.8, 4) is 0 Å². The molecular formula is C21H23N3O2. The highest BCUT2D eigenvalue weighted by Gasteiger charge is 2.17. The van der Waals surface area contributed by atoms with Crippen molar-refractivity contribution in [2.24, 2.45) is 0 Å². The van der Waals surface area contributed by atoms with Gasteiger partial charge in [0.15, 0.2) is 0 Å². The standard InChI is InChI=1S/C21H23N3O2/c1-16(20(25)14-17-6-3-2-4-7-17)23-21(26)19-10-8-18(9-11-19)15-24-13-5-12-22-24/h2-13,16,20,25H,14-15H2,1H3,(H,23,26). The van der Waals surface area contributed by atoms with Crippen molar-refractivity contribution >= 4 is 5.91 Å². The molecule has 0 radical (unpaired) electrons. The first-order valence-corrected chi connectivity index (χ1v) is 8.71. The second kappa shape index (κ2) is 8.45. The Morgan fingerprint density at radius 2 is 1.81 bits per heavy atom. The van der Waals surface area contributed by atoms with Crippen molar-refractivity contribution in [2.75, 3.05) is 0 Å². The number of hydrogen-bond acceptors (Lipinski definition) is 3. The van der Waals surface area contributed by atoms with E-state index in [-0.39, 0.29) is 11.9 Å². The quantitative estimate of drug-likeness (QED) is 0.689. The van der Waals surface area contributed by atoms with Gasteiger partial charge in [0.05, 0.1) is 18.7 Å². The Kier molecular flexibility index (Phi) is 5.81. The van der Waals surface area contributed by atoms with Crippen molar-refractivity contribution in [1.29, 1.82) is 0 Å². The molecule has 0 spiro atoms. The normalized spacial score (nSPS) is 13.2. The van der Waals surface area contributed by atoms with Gasteiger partial charge in [0.25, 0.3) is 5.91 Å². The van der Waals surface area contributed by atoms with Gasteiger partial charge in [0.2, 0.25) is 0 Å². The molecular weight excluding hydrogens is 326 g/mol. The van der Waals surface area contributed by atoms with Crippen LogP contribution in [0, 0.1) is 0 Å². The third-order valence-electron chi connectivity index (χ3n) is 4.34. The van der Waals surface area contributed by atoms with Gasteiger partial charge in [-0.15, -0.1) is 0 Å². The largest absolute Gasteiger partial charge is 0.391 e. The Balaban J connectivity index is 1.55. The number of hydrogen-bond donors (Lipinski definition) is 2.